The molecule has 1 atom stereocenters. The highest BCUT2D eigenvalue weighted by atomic mass is 32.1. The molecule has 0 radical (unpaired) electrons. The molecule has 0 bridgehead atoms. The third-order valence-electron chi connectivity index (χ3n) is 4.00. The van der Waals surface area contributed by atoms with E-state index in [0.717, 1.165) is 21.8 Å². The molecule has 0 fully saturated rings. The van der Waals surface area contributed by atoms with Gasteiger partial charge in [-0.25, -0.2) is 4.79 Å². The number of allylic oxidation sites excluding steroid dienone is 1. The van der Waals surface area contributed by atoms with Crippen LogP contribution in [0.4, 0.5) is 10.7 Å². The molecule has 2 aromatic rings. The molecule has 1 aromatic heterocycles. The van der Waals surface area contributed by atoms with Crippen LogP contribution in [0.25, 0.3) is 0 Å². The van der Waals surface area contributed by atoms with E-state index >= 15 is 0 Å². The Kier molecular flexibility index (Phi) is 4.28. The zero-order chi connectivity index (χ0) is 17.3. The lowest BCUT2D eigenvalue weighted by molar-refractivity contribution is -0.138. The molecule has 1 aliphatic heterocycles. The number of anilines is 2. The number of rotatable bonds is 3. The number of nitrogens with zero attached hydrogens (tertiary/aromatic N) is 1. The summed E-state index contributed by atoms with van der Waals surface area (Å²) < 4.78 is 5.25. The van der Waals surface area contributed by atoms with Gasteiger partial charge in [-0.15, -0.1) is 11.3 Å². The molecule has 1 unspecified atom stereocenters. The largest absolute Gasteiger partial charge is 0.463 e. The smallest absolute Gasteiger partial charge is 0.336 e. The Morgan fingerprint density at radius 1 is 1.42 bits per heavy atom. The Morgan fingerprint density at radius 3 is 2.75 bits per heavy atom. The third-order valence-corrected chi connectivity index (χ3v) is 5.04. The molecule has 2 heterocycles. The zero-order valence-electron chi connectivity index (χ0n) is 13.4. The van der Waals surface area contributed by atoms with Gasteiger partial charge in [-0.05, 0) is 19.4 Å². The van der Waals surface area contributed by atoms with Gasteiger partial charge in [0.1, 0.15) is 15.9 Å². The van der Waals surface area contributed by atoms with E-state index in [1.54, 1.807) is 6.92 Å². The van der Waals surface area contributed by atoms with Crippen molar-refractivity contribution in [3.63, 3.8) is 0 Å². The standard InChI is InChI=1S/C18H17N3O2S/c1-3-23-18(22)13-10(2)21-17-15(16(20)12(9-19)24-17)14(13)11-7-5-4-6-8-11/h4-8,14,21H,3,20H2,1-2H3. The quantitative estimate of drug-likeness (QED) is 0.834. The van der Waals surface area contributed by atoms with E-state index in [-0.39, 0.29) is 11.9 Å². The van der Waals surface area contributed by atoms with Crippen LogP contribution in [0.15, 0.2) is 41.6 Å². The van der Waals surface area contributed by atoms with Crippen LogP contribution in [-0.4, -0.2) is 12.6 Å². The van der Waals surface area contributed by atoms with Crippen LogP contribution in [-0.2, 0) is 9.53 Å². The number of nitrogens with one attached hydrogen (secondary N) is 1. The Bertz CT molecular complexity index is 862. The van der Waals surface area contributed by atoms with Crippen molar-refractivity contribution >= 4 is 28.0 Å². The predicted octanol–water partition coefficient (Wildman–Crippen LogP) is 3.60. The predicted molar refractivity (Wildman–Crippen MR) is 94.7 cm³/mol. The summed E-state index contributed by atoms with van der Waals surface area (Å²) in [6, 6.07) is 11.8. The molecule has 1 aromatic carbocycles. The van der Waals surface area contributed by atoms with E-state index in [1.807, 2.05) is 37.3 Å². The topological polar surface area (TPSA) is 88.1 Å². The highest BCUT2D eigenvalue weighted by Crippen LogP contribution is 2.49. The number of carbonyl (C=O) groups excluding carboxylic acids is 1. The van der Waals surface area contributed by atoms with E-state index in [9.17, 15) is 10.1 Å². The molecule has 0 saturated carbocycles. The van der Waals surface area contributed by atoms with Crippen molar-refractivity contribution < 1.29 is 9.53 Å². The maximum atomic E-state index is 12.6. The van der Waals surface area contributed by atoms with Crippen LogP contribution in [0.3, 0.4) is 0 Å². The molecule has 0 aliphatic carbocycles. The van der Waals surface area contributed by atoms with E-state index in [4.69, 9.17) is 10.5 Å². The van der Waals surface area contributed by atoms with Gasteiger partial charge in [0.15, 0.2) is 0 Å². The summed E-state index contributed by atoms with van der Waals surface area (Å²) in [5.41, 5.74) is 9.61. The van der Waals surface area contributed by atoms with Gasteiger partial charge < -0.3 is 15.8 Å². The third kappa shape index (κ3) is 2.53. The summed E-state index contributed by atoms with van der Waals surface area (Å²) in [7, 11) is 0. The van der Waals surface area contributed by atoms with E-state index < -0.39 is 0 Å². The average molecular weight is 339 g/mol. The van der Waals surface area contributed by atoms with Crippen molar-refractivity contribution in [1.82, 2.24) is 0 Å². The van der Waals surface area contributed by atoms with Crippen LogP contribution in [0, 0.1) is 11.3 Å². The SMILES string of the molecule is CCOC(=O)C1=C(C)Nc2sc(C#N)c(N)c2C1c1ccccc1. The van der Waals surface area contributed by atoms with Crippen molar-refractivity contribution in [2.75, 3.05) is 17.7 Å². The van der Waals surface area contributed by atoms with Crippen LogP contribution in [0.5, 0.6) is 0 Å². The minimum absolute atomic E-state index is 0.298. The number of thiophene rings is 1. The molecule has 0 spiro atoms. The maximum Gasteiger partial charge on any atom is 0.336 e. The molecule has 5 nitrogen and oxygen atoms in total. The highest BCUT2D eigenvalue weighted by Gasteiger charge is 2.36. The van der Waals surface area contributed by atoms with E-state index in [0.29, 0.717) is 22.7 Å². The van der Waals surface area contributed by atoms with Gasteiger partial charge in [0.2, 0.25) is 0 Å². The lowest BCUT2D eigenvalue weighted by Gasteiger charge is -2.28. The minimum atomic E-state index is -0.369. The zero-order valence-corrected chi connectivity index (χ0v) is 14.2. The second-order valence-electron chi connectivity index (χ2n) is 5.43. The van der Waals surface area contributed by atoms with Crippen molar-refractivity contribution in [3.8, 4) is 6.07 Å². The number of benzene rings is 1. The Labute approximate surface area is 144 Å². The fourth-order valence-corrected chi connectivity index (χ4v) is 3.99. The number of esters is 1. The molecular weight excluding hydrogens is 322 g/mol. The number of carbonyl (C=O) groups is 1. The number of nitrogen functional groups attached to an aromatic ring is 1. The molecule has 0 amide bonds. The molecule has 0 saturated heterocycles. The summed E-state index contributed by atoms with van der Waals surface area (Å²) in [5, 5.41) is 13.3. The summed E-state index contributed by atoms with van der Waals surface area (Å²) in [6.45, 7) is 3.92. The Hall–Kier alpha value is -2.78. The molecule has 122 valence electrons. The van der Waals surface area contributed by atoms with E-state index in [2.05, 4.69) is 11.4 Å². The summed E-state index contributed by atoms with van der Waals surface area (Å²) >= 11 is 1.31. The van der Waals surface area contributed by atoms with E-state index in [1.165, 1.54) is 11.3 Å². The Balaban J connectivity index is 2.24. The van der Waals surface area contributed by atoms with Crippen molar-refractivity contribution in [2.24, 2.45) is 0 Å². The van der Waals surface area contributed by atoms with Gasteiger partial charge in [0.25, 0.3) is 0 Å². The molecule has 3 rings (SSSR count). The number of nitriles is 1. The first-order valence-corrected chi connectivity index (χ1v) is 8.42. The summed E-state index contributed by atoms with van der Waals surface area (Å²) in [6.07, 6.45) is 0. The second-order valence-corrected chi connectivity index (χ2v) is 6.45. The maximum absolute atomic E-state index is 12.6. The average Bonchev–Trinajstić information content (AvgIpc) is 2.90. The van der Waals surface area contributed by atoms with Crippen LogP contribution in [0.2, 0.25) is 0 Å². The highest BCUT2D eigenvalue weighted by molar-refractivity contribution is 7.17. The molecular formula is C18H17N3O2S. The first-order chi connectivity index (χ1) is 11.6. The fraction of sp³-hybridized carbons (Fsp3) is 0.222. The number of nitrogens with two attached hydrogens (primary N) is 1. The normalized spacial score (nSPS) is 16.1. The lowest BCUT2D eigenvalue weighted by atomic mass is 9.82. The Morgan fingerprint density at radius 2 is 2.12 bits per heavy atom. The van der Waals surface area contributed by atoms with Gasteiger partial charge in [-0.3, -0.25) is 0 Å². The molecule has 24 heavy (non-hydrogen) atoms. The molecule has 1 aliphatic rings. The number of ether oxygens (including phenoxy) is 1. The number of hydrogen-bond acceptors (Lipinski definition) is 6. The first kappa shape index (κ1) is 16.1. The summed E-state index contributed by atoms with van der Waals surface area (Å²) in [4.78, 5) is 13.0. The van der Waals surface area contributed by atoms with Crippen LogP contribution < -0.4 is 11.1 Å². The van der Waals surface area contributed by atoms with Crippen molar-refractivity contribution in [2.45, 2.75) is 19.8 Å². The molecule has 3 N–H and O–H groups in total. The minimum Gasteiger partial charge on any atom is -0.463 e. The van der Waals surface area contributed by atoms with Crippen LogP contribution in [0.1, 0.15) is 35.8 Å². The van der Waals surface area contributed by atoms with Crippen molar-refractivity contribution in [3.05, 3.63) is 57.6 Å². The summed E-state index contributed by atoms with van der Waals surface area (Å²) in [5.74, 6) is -0.717. The van der Waals surface area contributed by atoms with Crippen molar-refractivity contribution in [1.29, 1.82) is 5.26 Å². The van der Waals surface area contributed by atoms with Gasteiger partial charge >= 0.3 is 5.97 Å². The number of fused-ring (bicyclic) bond motifs is 1. The second kappa shape index (κ2) is 6.38. The first-order valence-electron chi connectivity index (χ1n) is 7.60. The molecule has 6 heteroatoms. The van der Waals surface area contributed by atoms with Gasteiger partial charge in [-0.2, -0.15) is 5.26 Å². The van der Waals surface area contributed by atoms with Gasteiger partial charge in [-0.1, -0.05) is 30.3 Å². The van der Waals surface area contributed by atoms with Crippen LogP contribution >= 0.6 is 11.3 Å². The lowest BCUT2D eigenvalue weighted by Crippen LogP contribution is -2.24. The number of hydrogen-bond donors (Lipinski definition) is 2. The van der Waals surface area contributed by atoms with Gasteiger partial charge in [0.05, 0.1) is 17.9 Å². The fourth-order valence-electron chi connectivity index (χ4n) is 2.98. The van der Waals surface area contributed by atoms with Gasteiger partial charge in [0, 0.05) is 17.2 Å². The monoisotopic (exact) mass is 339 g/mol.